The second-order valence-corrected chi connectivity index (χ2v) is 8.64. The van der Waals surface area contributed by atoms with E-state index in [0.29, 0.717) is 5.69 Å². The Balaban J connectivity index is 0.000000452. The van der Waals surface area contributed by atoms with Gasteiger partial charge in [0.1, 0.15) is 0 Å². The molecule has 0 N–H and O–H groups in total. The average Bonchev–Trinajstić information content (AvgIpc) is 3.70. The summed E-state index contributed by atoms with van der Waals surface area (Å²) in [5.74, 6) is 0. The van der Waals surface area contributed by atoms with Gasteiger partial charge in [-0.15, -0.1) is 35.6 Å². The molecule has 41 heavy (non-hydrogen) atoms. The summed E-state index contributed by atoms with van der Waals surface area (Å²) in [4.78, 5) is 10.6. The van der Waals surface area contributed by atoms with Crippen molar-refractivity contribution in [2.24, 2.45) is 0 Å². The first-order valence-corrected chi connectivity index (χ1v) is 12.3. The predicted molar refractivity (Wildman–Crippen MR) is 154 cm³/mol. The molecule has 0 bridgehead atoms. The molecule has 5 aromatic rings. The van der Waals surface area contributed by atoms with Gasteiger partial charge < -0.3 is 48.4 Å². The molecule has 3 aromatic carbocycles. The Morgan fingerprint density at radius 2 is 1.66 bits per heavy atom. The molecule has 7 heteroatoms. The third kappa shape index (κ3) is 8.11. The summed E-state index contributed by atoms with van der Waals surface area (Å²) in [7, 11) is 4.01. The maximum Gasteiger partial charge on any atom is 4.00 e. The minimum Gasteiger partial charge on any atom is -0.669 e. The first-order chi connectivity index (χ1) is 19.1. The quantitative estimate of drug-likeness (QED) is 0.151. The number of pyridine rings is 1. The van der Waals surface area contributed by atoms with E-state index < -0.39 is 0 Å². The zero-order valence-electron chi connectivity index (χ0n) is 22.3. The molecule has 0 radical (unpaired) electrons. The van der Waals surface area contributed by atoms with Crippen molar-refractivity contribution in [3.05, 3.63) is 147 Å². The minimum absolute atomic E-state index is 0. The van der Waals surface area contributed by atoms with Gasteiger partial charge >= 0.3 is 21.1 Å². The average molecular weight is 893 g/mol. The normalized spacial score (nSPS) is 11.4. The third-order valence-corrected chi connectivity index (χ3v) is 5.92. The molecule has 0 saturated heterocycles. The van der Waals surface area contributed by atoms with Crippen LogP contribution in [-0.2, 0) is 42.1 Å². The number of anilines is 3. The van der Waals surface area contributed by atoms with Crippen molar-refractivity contribution in [3.63, 3.8) is 0 Å². The van der Waals surface area contributed by atoms with E-state index in [1.165, 1.54) is 0 Å². The van der Waals surface area contributed by atoms with Crippen LogP contribution >= 0.6 is 0 Å². The molecule has 1 aliphatic heterocycles. The molecule has 0 fully saturated rings. The van der Waals surface area contributed by atoms with Crippen LogP contribution in [0.3, 0.4) is 0 Å². The zero-order valence-corrected chi connectivity index (χ0v) is 26.8. The molecule has 0 spiro atoms. The van der Waals surface area contributed by atoms with Crippen LogP contribution in [0, 0.1) is 49.5 Å². The molecular formula is C34H24N5Pt2-3. The smallest absolute Gasteiger partial charge is 0.669 e. The number of hydrogen-bond donors (Lipinski definition) is 0. The van der Waals surface area contributed by atoms with Crippen LogP contribution in [0.1, 0.15) is 0 Å². The van der Waals surface area contributed by atoms with Crippen LogP contribution in [-0.4, -0.2) is 28.5 Å². The number of aromatic nitrogens is 2. The van der Waals surface area contributed by atoms with Crippen LogP contribution in [0.4, 0.5) is 17.1 Å². The van der Waals surface area contributed by atoms with E-state index in [4.69, 9.17) is 6.42 Å². The first kappa shape index (κ1) is 31.7. The molecule has 3 heterocycles. The van der Waals surface area contributed by atoms with Crippen LogP contribution in [0.15, 0.2) is 104 Å². The summed E-state index contributed by atoms with van der Waals surface area (Å²) in [5, 5.41) is 0. The molecule has 208 valence electrons. The minimum atomic E-state index is 0. The SMILES string of the molecule is CN1C=CN(c2[c-]c(N(C)c3[c-]c(-c4[c-]c(-c5[c-]cccc5)ccn4)[c-]cc3)ccc2)[CH-]1.[C-]#Cn1cccc1.[Pt+4].[Pt]. The van der Waals surface area contributed by atoms with Crippen molar-refractivity contribution in [1.29, 1.82) is 0 Å². The zero-order chi connectivity index (χ0) is 27.0. The van der Waals surface area contributed by atoms with Crippen molar-refractivity contribution in [3.8, 4) is 28.4 Å². The van der Waals surface area contributed by atoms with Gasteiger partial charge in [-0.1, -0.05) is 5.69 Å². The summed E-state index contributed by atoms with van der Waals surface area (Å²) in [6.07, 6.45) is 15.9. The summed E-state index contributed by atoms with van der Waals surface area (Å²) in [6, 6.07) is 42.4. The van der Waals surface area contributed by atoms with Crippen molar-refractivity contribution in [2.75, 3.05) is 23.9 Å². The van der Waals surface area contributed by atoms with Crippen LogP contribution in [0.25, 0.3) is 22.4 Å². The Morgan fingerprint density at radius 3 is 2.34 bits per heavy atom. The van der Waals surface area contributed by atoms with Gasteiger partial charge in [-0.05, 0) is 37.8 Å². The fourth-order valence-electron chi connectivity index (χ4n) is 3.89. The second-order valence-electron chi connectivity index (χ2n) is 8.64. The summed E-state index contributed by atoms with van der Waals surface area (Å²) in [5.41, 5.74) is 6.20. The van der Waals surface area contributed by atoms with E-state index in [1.54, 1.807) is 23.2 Å². The van der Waals surface area contributed by atoms with Crippen LogP contribution < -0.4 is 9.80 Å². The van der Waals surface area contributed by atoms with Crippen molar-refractivity contribution in [1.82, 2.24) is 14.5 Å². The molecule has 0 atom stereocenters. The molecule has 5 nitrogen and oxygen atoms in total. The van der Waals surface area contributed by atoms with Crippen molar-refractivity contribution < 1.29 is 42.1 Å². The molecule has 0 unspecified atom stereocenters. The van der Waals surface area contributed by atoms with Crippen molar-refractivity contribution >= 4 is 17.1 Å². The Bertz CT molecular complexity index is 1590. The maximum atomic E-state index is 6.57. The Labute approximate surface area is 271 Å². The first-order valence-electron chi connectivity index (χ1n) is 12.3. The molecular weight excluding hydrogens is 869 g/mol. The number of rotatable bonds is 5. The monoisotopic (exact) mass is 892 g/mol. The van der Waals surface area contributed by atoms with Crippen molar-refractivity contribution in [2.45, 2.75) is 0 Å². The van der Waals surface area contributed by atoms with Gasteiger partial charge in [-0.3, -0.25) is 6.07 Å². The largest absolute Gasteiger partial charge is 4.00 e. The van der Waals surface area contributed by atoms with E-state index in [0.717, 1.165) is 33.8 Å². The number of hydrogen-bond acceptors (Lipinski definition) is 4. The van der Waals surface area contributed by atoms with Gasteiger partial charge in [-0.25, -0.2) is 29.3 Å². The third-order valence-electron chi connectivity index (χ3n) is 5.92. The van der Waals surface area contributed by atoms with Gasteiger partial charge in [0.15, 0.2) is 0 Å². The Morgan fingerprint density at radius 1 is 0.854 bits per heavy atom. The molecule has 6 rings (SSSR count). The summed E-state index contributed by atoms with van der Waals surface area (Å²) >= 11 is 0. The molecule has 0 aliphatic carbocycles. The molecule has 0 amide bonds. The Kier molecular flexibility index (Phi) is 11.8. The van der Waals surface area contributed by atoms with E-state index in [2.05, 4.69) is 46.3 Å². The fourth-order valence-corrected chi connectivity index (χ4v) is 3.89. The summed E-state index contributed by atoms with van der Waals surface area (Å²) in [6.45, 7) is 2.01. The van der Waals surface area contributed by atoms with E-state index in [9.17, 15) is 0 Å². The predicted octanol–water partition coefficient (Wildman–Crippen LogP) is 6.41. The number of benzene rings is 3. The van der Waals surface area contributed by atoms with E-state index >= 15 is 0 Å². The van der Waals surface area contributed by atoms with Gasteiger partial charge in [-0.2, -0.15) is 48.8 Å². The van der Waals surface area contributed by atoms with E-state index in [-0.39, 0.29) is 42.1 Å². The Hall–Kier alpha value is -3.83. The van der Waals surface area contributed by atoms with Gasteiger partial charge in [0.25, 0.3) is 0 Å². The van der Waals surface area contributed by atoms with Gasteiger partial charge in [0, 0.05) is 40.5 Å². The van der Waals surface area contributed by atoms with Crippen LogP contribution in [0.5, 0.6) is 0 Å². The van der Waals surface area contributed by atoms with Crippen LogP contribution in [0.2, 0.25) is 0 Å². The van der Waals surface area contributed by atoms with E-state index in [1.807, 2.05) is 116 Å². The number of nitrogens with zero attached hydrogens (tertiary/aromatic N) is 5. The fraction of sp³-hybridized carbons (Fsp3) is 0.0588. The molecule has 1 aliphatic rings. The maximum absolute atomic E-state index is 6.57. The standard InChI is InChI=1S/C28H20N4.C6H4N.2Pt/c1-30-16-17-32(21-30)27-13-7-12-26(20-27)31(2)25-11-6-10-24(18-25)28-19-23(14-15-29-28)22-8-4-3-5-9-22;1-2-7-5-3-4-6-7;;/h3-8,11-17,21H,1-2H3;3-6H;;/q-6;-1;;+4. The summed E-state index contributed by atoms with van der Waals surface area (Å²) < 4.78 is 1.54. The topological polar surface area (TPSA) is 27.5 Å². The molecule has 2 aromatic heterocycles. The second kappa shape index (κ2) is 15.2. The van der Waals surface area contributed by atoms with Gasteiger partial charge in [0.2, 0.25) is 0 Å². The van der Waals surface area contributed by atoms with Gasteiger partial charge in [0.05, 0.1) is 0 Å². The molecule has 0 saturated carbocycles.